The Morgan fingerprint density at radius 2 is 2.00 bits per heavy atom. The van der Waals surface area contributed by atoms with Crippen molar-refractivity contribution in [2.24, 2.45) is 10.7 Å². The summed E-state index contributed by atoms with van der Waals surface area (Å²) >= 11 is 5.19. The highest BCUT2D eigenvalue weighted by atomic mass is 32.1. The standard InChI is InChI=1S/C21H24N4OS/c1-4-25(3)11-10-17-13-18(14-22)19(12-15(17)2)26-21(27)24-20(23)16-8-6-5-7-9-16/h5-9,12-13H,4,10-11H2,1-3H3,(H2,23,24,27). The molecule has 0 bridgehead atoms. The molecule has 0 heterocycles. The molecular formula is C21H24N4OS. The molecule has 0 aliphatic heterocycles. The van der Waals surface area contributed by atoms with Gasteiger partial charge in [0, 0.05) is 12.1 Å². The van der Waals surface area contributed by atoms with E-state index >= 15 is 0 Å². The Morgan fingerprint density at radius 3 is 2.63 bits per heavy atom. The first-order valence-corrected chi connectivity index (χ1v) is 9.19. The van der Waals surface area contributed by atoms with E-state index in [1.54, 1.807) is 0 Å². The van der Waals surface area contributed by atoms with Crippen LogP contribution in [-0.4, -0.2) is 36.0 Å². The molecule has 0 saturated heterocycles. The maximum atomic E-state index is 9.49. The van der Waals surface area contributed by atoms with Crippen molar-refractivity contribution in [2.75, 3.05) is 20.1 Å². The van der Waals surface area contributed by atoms with Crippen LogP contribution < -0.4 is 10.5 Å². The summed E-state index contributed by atoms with van der Waals surface area (Å²) in [7, 11) is 2.07. The van der Waals surface area contributed by atoms with Crippen molar-refractivity contribution in [3.63, 3.8) is 0 Å². The summed E-state index contributed by atoms with van der Waals surface area (Å²) in [6, 6.07) is 15.2. The zero-order chi connectivity index (χ0) is 19.8. The number of nitrogens with zero attached hydrogens (tertiary/aromatic N) is 3. The topological polar surface area (TPSA) is 74.6 Å². The van der Waals surface area contributed by atoms with Gasteiger partial charge in [0.25, 0.3) is 5.17 Å². The number of benzene rings is 2. The number of amidine groups is 1. The molecule has 2 aromatic carbocycles. The van der Waals surface area contributed by atoms with E-state index in [1.807, 2.05) is 49.4 Å². The summed E-state index contributed by atoms with van der Waals surface area (Å²) in [5.41, 5.74) is 9.34. The Kier molecular flexibility index (Phi) is 7.47. The number of aliphatic imine (C=N–C) groups is 1. The third-order valence-corrected chi connectivity index (χ3v) is 4.51. The summed E-state index contributed by atoms with van der Waals surface area (Å²) < 4.78 is 5.64. The number of ether oxygens (including phenoxy) is 1. The maximum absolute atomic E-state index is 9.49. The molecule has 0 radical (unpaired) electrons. The third kappa shape index (κ3) is 5.88. The van der Waals surface area contributed by atoms with Crippen LogP contribution in [0.15, 0.2) is 47.5 Å². The average Bonchev–Trinajstić information content (AvgIpc) is 2.67. The van der Waals surface area contributed by atoms with Crippen molar-refractivity contribution < 1.29 is 4.74 Å². The molecule has 2 N–H and O–H groups in total. The number of nitriles is 1. The van der Waals surface area contributed by atoms with Crippen LogP contribution in [0.5, 0.6) is 5.75 Å². The van der Waals surface area contributed by atoms with Crippen LogP contribution in [0.25, 0.3) is 0 Å². The van der Waals surface area contributed by atoms with Crippen LogP contribution in [0.4, 0.5) is 0 Å². The quantitative estimate of drug-likeness (QED) is 0.472. The number of likely N-dealkylation sites (N-methyl/N-ethyl adjacent to an activating group) is 1. The second kappa shape index (κ2) is 9.81. The van der Waals surface area contributed by atoms with E-state index < -0.39 is 0 Å². The second-order valence-corrected chi connectivity index (χ2v) is 6.61. The fourth-order valence-electron chi connectivity index (χ4n) is 2.53. The monoisotopic (exact) mass is 380 g/mol. The van der Waals surface area contributed by atoms with E-state index in [9.17, 15) is 5.26 Å². The number of aryl methyl sites for hydroxylation is 1. The van der Waals surface area contributed by atoms with Gasteiger partial charge in [-0.05, 0) is 62.4 Å². The molecule has 0 amide bonds. The van der Waals surface area contributed by atoms with Gasteiger partial charge in [-0.15, -0.1) is 0 Å². The second-order valence-electron chi connectivity index (χ2n) is 6.26. The minimum atomic E-state index is -0.0225. The highest BCUT2D eigenvalue weighted by Crippen LogP contribution is 2.24. The Labute approximate surface area is 166 Å². The molecule has 27 heavy (non-hydrogen) atoms. The molecule has 0 fully saturated rings. The Bertz CT molecular complexity index is 872. The number of hydrogen-bond donors (Lipinski definition) is 1. The van der Waals surface area contributed by atoms with Gasteiger partial charge in [-0.2, -0.15) is 10.3 Å². The van der Waals surface area contributed by atoms with Crippen LogP contribution >= 0.6 is 12.2 Å². The first kappa shape index (κ1) is 20.6. The average molecular weight is 381 g/mol. The first-order valence-electron chi connectivity index (χ1n) is 8.78. The van der Waals surface area contributed by atoms with Crippen LogP contribution in [0.1, 0.15) is 29.2 Å². The van der Waals surface area contributed by atoms with Crippen LogP contribution in [0.3, 0.4) is 0 Å². The van der Waals surface area contributed by atoms with Gasteiger partial charge in [-0.25, -0.2) is 0 Å². The normalized spacial score (nSPS) is 11.3. The van der Waals surface area contributed by atoms with E-state index in [-0.39, 0.29) is 11.0 Å². The number of nitrogens with two attached hydrogens (primary N) is 1. The highest BCUT2D eigenvalue weighted by Gasteiger charge is 2.12. The van der Waals surface area contributed by atoms with E-state index in [0.717, 1.165) is 36.2 Å². The molecule has 6 heteroatoms. The maximum Gasteiger partial charge on any atom is 0.290 e. The smallest absolute Gasteiger partial charge is 0.290 e. The predicted molar refractivity (Wildman–Crippen MR) is 113 cm³/mol. The Hall–Kier alpha value is -2.75. The minimum absolute atomic E-state index is 0.0225. The van der Waals surface area contributed by atoms with E-state index in [1.165, 1.54) is 0 Å². The molecule has 0 saturated carbocycles. The number of rotatable bonds is 6. The molecule has 0 aliphatic carbocycles. The van der Waals surface area contributed by atoms with Gasteiger partial charge < -0.3 is 15.4 Å². The molecule has 0 spiro atoms. The predicted octanol–water partition coefficient (Wildman–Crippen LogP) is 3.43. The third-order valence-electron chi connectivity index (χ3n) is 4.34. The zero-order valence-corrected chi connectivity index (χ0v) is 16.7. The molecule has 2 aromatic rings. The van der Waals surface area contributed by atoms with Crippen molar-refractivity contribution in [3.05, 3.63) is 64.7 Å². The van der Waals surface area contributed by atoms with Crippen LogP contribution in [-0.2, 0) is 6.42 Å². The summed E-state index contributed by atoms with van der Waals surface area (Å²) in [6.07, 6.45) is 0.870. The van der Waals surface area contributed by atoms with Crippen molar-refractivity contribution in [2.45, 2.75) is 20.3 Å². The van der Waals surface area contributed by atoms with Gasteiger partial charge in [-0.3, -0.25) is 0 Å². The Balaban J connectivity index is 2.17. The summed E-state index contributed by atoms with van der Waals surface area (Å²) in [4.78, 5) is 6.36. The van der Waals surface area contributed by atoms with Gasteiger partial charge in [0.2, 0.25) is 0 Å². The Morgan fingerprint density at radius 1 is 1.30 bits per heavy atom. The largest absolute Gasteiger partial charge is 0.429 e. The fourth-order valence-corrected chi connectivity index (χ4v) is 2.71. The van der Waals surface area contributed by atoms with E-state index in [4.69, 9.17) is 22.7 Å². The van der Waals surface area contributed by atoms with Crippen LogP contribution in [0.2, 0.25) is 0 Å². The van der Waals surface area contributed by atoms with Gasteiger partial charge >= 0.3 is 0 Å². The molecule has 5 nitrogen and oxygen atoms in total. The highest BCUT2D eigenvalue weighted by molar-refractivity contribution is 7.80. The summed E-state index contributed by atoms with van der Waals surface area (Å²) in [6.45, 7) is 6.03. The molecular weight excluding hydrogens is 356 g/mol. The van der Waals surface area contributed by atoms with Crippen molar-refractivity contribution >= 4 is 23.2 Å². The SMILES string of the molecule is CCN(C)CCc1cc(C#N)c(OC(=S)N=C(N)c2ccccc2)cc1C. The molecule has 0 aromatic heterocycles. The van der Waals surface area contributed by atoms with Gasteiger partial charge in [0.05, 0.1) is 5.56 Å². The van der Waals surface area contributed by atoms with Crippen molar-refractivity contribution in [3.8, 4) is 11.8 Å². The fraction of sp³-hybridized carbons (Fsp3) is 0.286. The van der Waals surface area contributed by atoms with E-state index in [2.05, 4.69) is 29.9 Å². The minimum Gasteiger partial charge on any atom is -0.429 e. The lowest BCUT2D eigenvalue weighted by Gasteiger charge is -2.16. The lowest BCUT2D eigenvalue weighted by molar-refractivity contribution is 0.357. The van der Waals surface area contributed by atoms with Gasteiger partial charge in [-0.1, -0.05) is 37.3 Å². The molecule has 2 rings (SSSR count). The summed E-state index contributed by atoms with van der Waals surface area (Å²) in [5, 5.41) is 9.46. The first-order chi connectivity index (χ1) is 12.9. The molecule has 0 atom stereocenters. The van der Waals surface area contributed by atoms with Gasteiger partial charge in [0.1, 0.15) is 17.7 Å². The summed E-state index contributed by atoms with van der Waals surface area (Å²) in [5.74, 6) is 0.673. The van der Waals surface area contributed by atoms with Gasteiger partial charge in [0.15, 0.2) is 0 Å². The van der Waals surface area contributed by atoms with E-state index in [0.29, 0.717) is 11.3 Å². The number of thiocarbonyl (C=S) groups is 1. The molecule has 140 valence electrons. The molecule has 0 unspecified atom stereocenters. The van der Waals surface area contributed by atoms with Crippen LogP contribution in [0, 0.1) is 18.3 Å². The van der Waals surface area contributed by atoms with Crippen molar-refractivity contribution in [1.82, 2.24) is 4.90 Å². The molecule has 0 aliphatic rings. The lowest BCUT2D eigenvalue weighted by atomic mass is 10.0. The zero-order valence-electron chi connectivity index (χ0n) is 15.9. The lowest BCUT2D eigenvalue weighted by Crippen LogP contribution is -2.20. The van der Waals surface area contributed by atoms with Crippen molar-refractivity contribution in [1.29, 1.82) is 5.26 Å². The number of hydrogen-bond acceptors (Lipinski definition) is 4.